The van der Waals surface area contributed by atoms with Gasteiger partial charge in [0, 0.05) is 33.2 Å². The van der Waals surface area contributed by atoms with Crippen LogP contribution >= 0.6 is 0 Å². The first-order valence-corrected chi connectivity index (χ1v) is 5.77. The van der Waals surface area contributed by atoms with Gasteiger partial charge in [0.25, 0.3) is 0 Å². The normalized spacial score (nSPS) is 21.7. The van der Waals surface area contributed by atoms with Crippen molar-refractivity contribution in [3.8, 4) is 0 Å². The zero-order chi connectivity index (χ0) is 12.8. The van der Waals surface area contributed by atoms with Gasteiger partial charge in [-0.2, -0.15) is 0 Å². The molecule has 1 rings (SSSR count). The molecule has 0 radical (unpaired) electrons. The molecule has 17 heavy (non-hydrogen) atoms. The Kier molecular flexibility index (Phi) is 5.37. The summed E-state index contributed by atoms with van der Waals surface area (Å²) in [5.74, 6) is -0.489. The summed E-state index contributed by atoms with van der Waals surface area (Å²) in [6.07, 6.45) is -0.323. The fourth-order valence-corrected chi connectivity index (χ4v) is 1.76. The minimum atomic E-state index is -0.569. The van der Waals surface area contributed by atoms with E-state index in [-0.39, 0.29) is 30.7 Å². The number of likely N-dealkylation sites (tertiary alicyclic amines) is 1. The van der Waals surface area contributed by atoms with Crippen LogP contribution in [0.25, 0.3) is 0 Å². The molecule has 0 bridgehead atoms. The molecule has 98 valence electrons. The summed E-state index contributed by atoms with van der Waals surface area (Å²) in [6, 6.07) is 0. The molecule has 0 spiro atoms. The number of hydrogen-bond acceptors (Lipinski definition) is 4. The van der Waals surface area contributed by atoms with Gasteiger partial charge in [0.05, 0.1) is 18.6 Å². The van der Waals surface area contributed by atoms with Gasteiger partial charge in [-0.3, -0.25) is 9.59 Å². The molecule has 2 N–H and O–H groups in total. The molecule has 2 atom stereocenters. The highest BCUT2D eigenvalue weighted by atomic mass is 16.5. The molecule has 1 unspecified atom stereocenters. The molecule has 0 aliphatic carbocycles. The molecule has 2 amide bonds. The van der Waals surface area contributed by atoms with Gasteiger partial charge in [0.1, 0.15) is 0 Å². The van der Waals surface area contributed by atoms with E-state index in [2.05, 4.69) is 5.32 Å². The minimum absolute atomic E-state index is 0.0146. The van der Waals surface area contributed by atoms with Crippen LogP contribution in [0.2, 0.25) is 0 Å². The highest BCUT2D eigenvalue weighted by Gasteiger charge is 2.33. The fourth-order valence-electron chi connectivity index (χ4n) is 1.76. The lowest BCUT2D eigenvalue weighted by Gasteiger charge is -2.16. The molecule has 6 heteroatoms. The lowest BCUT2D eigenvalue weighted by molar-refractivity contribution is -0.129. The Labute approximate surface area is 101 Å². The van der Waals surface area contributed by atoms with Gasteiger partial charge < -0.3 is 20.1 Å². The van der Waals surface area contributed by atoms with E-state index in [1.165, 1.54) is 0 Å². The van der Waals surface area contributed by atoms with Crippen LogP contribution in [-0.4, -0.2) is 61.3 Å². The molecule has 1 aliphatic heterocycles. The summed E-state index contributed by atoms with van der Waals surface area (Å²) in [5, 5.41) is 11.7. The molecule has 6 nitrogen and oxygen atoms in total. The zero-order valence-corrected chi connectivity index (χ0v) is 10.3. The fraction of sp³-hybridized carbons (Fsp3) is 0.818. The van der Waals surface area contributed by atoms with E-state index in [0.717, 1.165) is 0 Å². The molecule has 0 saturated carbocycles. The molecule has 1 heterocycles. The van der Waals surface area contributed by atoms with E-state index in [9.17, 15) is 9.59 Å². The Morgan fingerprint density at radius 3 is 3.00 bits per heavy atom. The molecule has 0 aromatic carbocycles. The first kappa shape index (κ1) is 13.9. The predicted molar refractivity (Wildman–Crippen MR) is 61.3 cm³/mol. The lowest BCUT2D eigenvalue weighted by Crippen LogP contribution is -2.37. The summed E-state index contributed by atoms with van der Waals surface area (Å²) >= 11 is 0. The van der Waals surface area contributed by atoms with E-state index in [4.69, 9.17) is 9.84 Å². The number of nitrogens with zero attached hydrogens (tertiary/aromatic N) is 1. The number of aliphatic hydroxyl groups excluding tert-OH is 1. The van der Waals surface area contributed by atoms with Gasteiger partial charge in [-0.15, -0.1) is 0 Å². The van der Waals surface area contributed by atoms with Gasteiger partial charge in [-0.1, -0.05) is 0 Å². The van der Waals surface area contributed by atoms with Gasteiger partial charge in [0.2, 0.25) is 11.8 Å². The van der Waals surface area contributed by atoms with Crippen molar-refractivity contribution in [1.29, 1.82) is 0 Å². The maximum Gasteiger partial charge on any atom is 0.225 e. The Hall–Kier alpha value is -1.14. The molecule has 0 aromatic heterocycles. The van der Waals surface area contributed by atoms with Crippen LogP contribution in [0.3, 0.4) is 0 Å². The third kappa shape index (κ3) is 4.32. The maximum atomic E-state index is 11.7. The summed E-state index contributed by atoms with van der Waals surface area (Å²) in [4.78, 5) is 24.9. The number of carbonyl (C=O) groups is 2. The van der Waals surface area contributed by atoms with Gasteiger partial charge in [-0.25, -0.2) is 0 Å². The second-order valence-electron chi connectivity index (χ2n) is 4.33. The summed E-state index contributed by atoms with van der Waals surface area (Å²) in [6.45, 7) is 3.27. The Bertz CT molecular complexity index is 281. The largest absolute Gasteiger partial charge is 0.392 e. The van der Waals surface area contributed by atoms with Crippen LogP contribution in [0.4, 0.5) is 0 Å². The number of hydrogen-bond donors (Lipinski definition) is 2. The van der Waals surface area contributed by atoms with Crippen LogP contribution in [0.15, 0.2) is 0 Å². The summed E-state index contributed by atoms with van der Waals surface area (Å²) in [5.41, 5.74) is 0. The molecular weight excluding hydrogens is 224 g/mol. The van der Waals surface area contributed by atoms with Crippen LogP contribution in [0.1, 0.15) is 13.3 Å². The Morgan fingerprint density at radius 2 is 2.41 bits per heavy atom. The topological polar surface area (TPSA) is 78.9 Å². The third-order valence-electron chi connectivity index (χ3n) is 2.72. The van der Waals surface area contributed by atoms with Crippen molar-refractivity contribution in [3.63, 3.8) is 0 Å². The molecule has 0 aromatic rings. The number of amides is 2. The SMILES string of the molecule is COCCN1CC(C(=O)NC[C@H](C)O)CC1=O. The smallest absolute Gasteiger partial charge is 0.225 e. The van der Waals surface area contributed by atoms with Crippen LogP contribution in [0, 0.1) is 5.92 Å². The standard InChI is InChI=1S/C11H20N2O4/c1-8(14)6-12-11(16)9-5-10(15)13(7-9)3-4-17-2/h8-9,14H,3-7H2,1-2H3,(H,12,16)/t8-,9?/m0/s1. The quantitative estimate of drug-likeness (QED) is 0.627. The monoisotopic (exact) mass is 244 g/mol. The third-order valence-corrected chi connectivity index (χ3v) is 2.72. The van der Waals surface area contributed by atoms with E-state index in [1.807, 2.05) is 0 Å². The highest BCUT2D eigenvalue weighted by molar-refractivity contribution is 5.89. The number of rotatable bonds is 6. The summed E-state index contributed by atoms with van der Waals surface area (Å²) < 4.78 is 4.90. The van der Waals surface area contributed by atoms with Crippen molar-refractivity contribution in [1.82, 2.24) is 10.2 Å². The number of nitrogens with one attached hydrogen (secondary N) is 1. The lowest BCUT2D eigenvalue weighted by atomic mass is 10.1. The molecule has 1 fully saturated rings. The van der Waals surface area contributed by atoms with Gasteiger partial charge in [0.15, 0.2) is 0 Å². The van der Waals surface area contributed by atoms with Crippen molar-refractivity contribution < 1.29 is 19.4 Å². The average Bonchev–Trinajstić information content (AvgIpc) is 2.65. The van der Waals surface area contributed by atoms with E-state index in [1.54, 1.807) is 18.9 Å². The Balaban J connectivity index is 2.37. The first-order valence-electron chi connectivity index (χ1n) is 5.77. The second-order valence-corrected chi connectivity index (χ2v) is 4.33. The van der Waals surface area contributed by atoms with Crippen molar-refractivity contribution in [3.05, 3.63) is 0 Å². The molecule has 1 saturated heterocycles. The highest BCUT2D eigenvalue weighted by Crippen LogP contribution is 2.17. The number of aliphatic hydroxyl groups is 1. The molecule has 1 aliphatic rings. The average molecular weight is 244 g/mol. The zero-order valence-electron chi connectivity index (χ0n) is 10.3. The van der Waals surface area contributed by atoms with Gasteiger partial charge >= 0.3 is 0 Å². The second kappa shape index (κ2) is 6.56. The van der Waals surface area contributed by atoms with E-state index in [0.29, 0.717) is 19.7 Å². The van der Waals surface area contributed by atoms with Gasteiger partial charge in [-0.05, 0) is 6.92 Å². The minimum Gasteiger partial charge on any atom is -0.392 e. The number of methoxy groups -OCH3 is 1. The predicted octanol–water partition coefficient (Wildman–Crippen LogP) is -1.02. The molecular formula is C11H20N2O4. The van der Waals surface area contributed by atoms with E-state index >= 15 is 0 Å². The summed E-state index contributed by atoms with van der Waals surface area (Å²) in [7, 11) is 1.58. The number of carbonyl (C=O) groups excluding carboxylic acids is 2. The maximum absolute atomic E-state index is 11.7. The van der Waals surface area contributed by atoms with Crippen molar-refractivity contribution in [2.45, 2.75) is 19.4 Å². The van der Waals surface area contributed by atoms with Crippen molar-refractivity contribution in [2.24, 2.45) is 5.92 Å². The Morgan fingerprint density at radius 1 is 1.71 bits per heavy atom. The number of ether oxygens (including phenoxy) is 1. The van der Waals surface area contributed by atoms with Crippen LogP contribution in [0.5, 0.6) is 0 Å². The van der Waals surface area contributed by atoms with Crippen LogP contribution < -0.4 is 5.32 Å². The van der Waals surface area contributed by atoms with E-state index < -0.39 is 6.10 Å². The van der Waals surface area contributed by atoms with Crippen LogP contribution in [-0.2, 0) is 14.3 Å². The van der Waals surface area contributed by atoms with Crippen molar-refractivity contribution >= 4 is 11.8 Å². The van der Waals surface area contributed by atoms with Crippen molar-refractivity contribution in [2.75, 3.05) is 33.4 Å². The first-order chi connectivity index (χ1) is 8.04.